The van der Waals surface area contributed by atoms with Crippen LogP contribution in [0.1, 0.15) is 24.7 Å². The standard InChI is InChI=1S/C11H18N2S/c1-9-4-3-5-11(13-9)8-14-10(2)6-7-12/h3-5,10H,6-8,12H2,1-2H3. The Kier molecular flexibility index (Phi) is 4.98. The van der Waals surface area contributed by atoms with E-state index in [2.05, 4.69) is 24.0 Å². The fourth-order valence-electron chi connectivity index (χ4n) is 1.23. The molecule has 0 spiro atoms. The van der Waals surface area contributed by atoms with E-state index < -0.39 is 0 Å². The molecular weight excluding hydrogens is 192 g/mol. The largest absolute Gasteiger partial charge is 0.330 e. The van der Waals surface area contributed by atoms with Gasteiger partial charge in [0, 0.05) is 16.7 Å². The predicted octanol–water partition coefficient (Wildman–Crippen LogP) is 2.36. The lowest BCUT2D eigenvalue weighted by atomic mass is 10.3. The molecule has 14 heavy (non-hydrogen) atoms. The lowest BCUT2D eigenvalue weighted by Gasteiger charge is -2.09. The predicted molar refractivity (Wildman–Crippen MR) is 63.4 cm³/mol. The van der Waals surface area contributed by atoms with Crippen LogP contribution in [0.3, 0.4) is 0 Å². The van der Waals surface area contributed by atoms with E-state index in [1.807, 2.05) is 24.8 Å². The van der Waals surface area contributed by atoms with Crippen LogP contribution >= 0.6 is 11.8 Å². The van der Waals surface area contributed by atoms with Crippen molar-refractivity contribution in [2.75, 3.05) is 6.54 Å². The van der Waals surface area contributed by atoms with Crippen molar-refractivity contribution >= 4 is 11.8 Å². The summed E-state index contributed by atoms with van der Waals surface area (Å²) in [5, 5.41) is 0.627. The monoisotopic (exact) mass is 210 g/mol. The van der Waals surface area contributed by atoms with E-state index in [-0.39, 0.29) is 0 Å². The molecule has 0 aliphatic rings. The zero-order valence-corrected chi connectivity index (χ0v) is 9.68. The summed E-state index contributed by atoms with van der Waals surface area (Å²) < 4.78 is 0. The second-order valence-corrected chi connectivity index (χ2v) is 4.90. The molecule has 0 aliphatic carbocycles. The summed E-state index contributed by atoms with van der Waals surface area (Å²) in [6.07, 6.45) is 1.08. The maximum Gasteiger partial charge on any atom is 0.0505 e. The van der Waals surface area contributed by atoms with Crippen LogP contribution < -0.4 is 5.73 Å². The number of nitrogens with two attached hydrogens (primary N) is 1. The summed E-state index contributed by atoms with van der Waals surface area (Å²) in [5.41, 5.74) is 7.75. The van der Waals surface area contributed by atoms with Gasteiger partial charge in [-0.05, 0) is 32.0 Å². The van der Waals surface area contributed by atoms with Crippen LogP contribution in [0.25, 0.3) is 0 Å². The highest BCUT2D eigenvalue weighted by atomic mass is 32.2. The smallest absolute Gasteiger partial charge is 0.0505 e. The van der Waals surface area contributed by atoms with Gasteiger partial charge in [0.2, 0.25) is 0 Å². The molecule has 2 nitrogen and oxygen atoms in total. The maximum absolute atomic E-state index is 5.49. The summed E-state index contributed by atoms with van der Waals surface area (Å²) in [4.78, 5) is 4.45. The highest BCUT2D eigenvalue weighted by Gasteiger charge is 2.02. The van der Waals surface area contributed by atoms with Gasteiger partial charge in [-0.2, -0.15) is 11.8 Å². The van der Waals surface area contributed by atoms with Gasteiger partial charge in [0.15, 0.2) is 0 Å². The first-order valence-corrected chi connectivity index (χ1v) is 6.01. The molecule has 0 radical (unpaired) electrons. The quantitative estimate of drug-likeness (QED) is 0.811. The Morgan fingerprint density at radius 3 is 2.93 bits per heavy atom. The topological polar surface area (TPSA) is 38.9 Å². The third kappa shape index (κ3) is 4.11. The molecule has 0 amide bonds. The van der Waals surface area contributed by atoms with Crippen LogP contribution in [0, 0.1) is 6.92 Å². The average molecular weight is 210 g/mol. The Morgan fingerprint density at radius 2 is 2.29 bits per heavy atom. The first kappa shape index (κ1) is 11.5. The number of rotatable bonds is 5. The fraction of sp³-hybridized carbons (Fsp3) is 0.545. The Morgan fingerprint density at radius 1 is 1.50 bits per heavy atom. The van der Waals surface area contributed by atoms with Gasteiger partial charge in [-0.3, -0.25) is 4.98 Å². The van der Waals surface area contributed by atoms with Crippen LogP contribution in [0.4, 0.5) is 0 Å². The van der Waals surface area contributed by atoms with E-state index in [1.54, 1.807) is 0 Å². The number of nitrogens with zero attached hydrogens (tertiary/aromatic N) is 1. The Hall–Kier alpha value is -0.540. The minimum absolute atomic E-state index is 0.627. The lowest BCUT2D eigenvalue weighted by molar-refractivity contribution is 0.822. The third-order valence-electron chi connectivity index (χ3n) is 2.03. The first-order chi connectivity index (χ1) is 6.72. The number of aromatic nitrogens is 1. The Bertz CT molecular complexity index is 276. The van der Waals surface area contributed by atoms with Crippen LogP contribution in [-0.2, 0) is 5.75 Å². The molecular formula is C11H18N2S. The van der Waals surface area contributed by atoms with Crippen molar-refractivity contribution in [2.24, 2.45) is 5.73 Å². The lowest BCUT2D eigenvalue weighted by Crippen LogP contribution is -2.07. The van der Waals surface area contributed by atoms with Gasteiger partial charge in [-0.15, -0.1) is 0 Å². The summed E-state index contributed by atoms with van der Waals surface area (Å²) in [6.45, 7) is 5.01. The van der Waals surface area contributed by atoms with E-state index in [4.69, 9.17) is 5.73 Å². The molecule has 1 heterocycles. The van der Waals surface area contributed by atoms with Gasteiger partial charge in [0.05, 0.1) is 5.69 Å². The second kappa shape index (κ2) is 6.04. The van der Waals surface area contributed by atoms with Gasteiger partial charge in [0.1, 0.15) is 0 Å². The molecule has 1 aromatic rings. The molecule has 0 bridgehead atoms. The van der Waals surface area contributed by atoms with Gasteiger partial charge in [-0.1, -0.05) is 13.0 Å². The number of hydrogen-bond donors (Lipinski definition) is 1. The van der Waals surface area contributed by atoms with Crippen molar-refractivity contribution in [2.45, 2.75) is 31.3 Å². The normalized spacial score (nSPS) is 12.8. The van der Waals surface area contributed by atoms with E-state index in [0.717, 1.165) is 24.4 Å². The second-order valence-electron chi connectivity index (χ2n) is 3.47. The van der Waals surface area contributed by atoms with Gasteiger partial charge >= 0.3 is 0 Å². The molecule has 0 saturated carbocycles. The van der Waals surface area contributed by atoms with E-state index in [0.29, 0.717) is 5.25 Å². The molecule has 0 saturated heterocycles. The van der Waals surface area contributed by atoms with Crippen LogP contribution in [0.5, 0.6) is 0 Å². The van der Waals surface area contributed by atoms with Crippen molar-refractivity contribution in [3.63, 3.8) is 0 Å². The molecule has 1 unspecified atom stereocenters. The molecule has 3 heteroatoms. The molecule has 2 N–H and O–H groups in total. The van der Waals surface area contributed by atoms with Crippen LogP contribution in [-0.4, -0.2) is 16.8 Å². The van der Waals surface area contributed by atoms with E-state index >= 15 is 0 Å². The van der Waals surface area contributed by atoms with Crippen molar-refractivity contribution < 1.29 is 0 Å². The van der Waals surface area contributed by atoms with Gasteiger partial charge < -0.3 is 5.73 Å². The summed E-state index contributed by atoms with van der Waals surface area (Å²) >= 11 is 1.92. The van der Waals surface area contributed by atoms with Crippen molar-refractivity contribution in [3.05, 3.63) is 29.6 Å². The van der Waals surface area contributed by atoms with Crippen molar-refractivity contribution in [3.8, 4) is 0 Å². The van der Waals surface area contributed by atoms with Crippen LogP contribution in [0.2, 0.25) is 0 Å². The summed E-state index contributed by atoms with van der Waals surface area (Å²) in [5.74, 6) is 0.989. The summed E-state index contributed by atoms with van der Waals surface area (Å²) in [7, 11) is 0. The van der Waals surface area contributed by atoms with E-state index in [9.17, 15) is 0 Å². The zero-order chi connectivity index (χ0) is 10.4. The molecule has 0 aliphatic heterocycles. The molecule has 1 atom stereocenters. The van der Waals surface area contributed by atoms with Crippen molar-refractivity contribution in [1.82, 2.24) is 4.98 Å². The average Bonchev–Trinajstić information content (AvgIpc) is 2.15. The zero-order valence-electron chi connectivity index (χ0n) is 8.86. The van der Waals surface area contributed by atoms with E-state index in [1.165, 1.54) is 5.69 Å². The fourth-order valence-corrected chi connectivity index (χ4v) is 2.14. The highest BCUT2D eigenvalue weighted by Crippen LogP contribution is 2.18. The minimum atomic E-state index is 0.627. The maximum atomic E-state index is 5.49. The number of pyridine rings is 1. The molecule has 78 valence electrons. The molecule has 0 fully saturated rings. The highest BCUT2D eigenvalue weighted by molar-refractivity contribution is 7.99. The third-order valence-corrected chi connectivity index (χ3v) is 3.30. The van der Waals surface area contributed by atoms with Gasteiger partial charge in [0.25, 0.3) is 0 Å². The molecule has 1 rings (SSSR count). The van der Waals surface area contributed by atoms with Crippen LogP contribution in [0.15, 0.2) is 18.2 Å². The molecule has 0 aromatic carbocycles. The number of aryl methyl sites for hydroxylation is 1. The summed E-state index contributed by atoms with van der Waals surface area (Å²) in [6, 6.07) is 6.17. The minimum Gasteiger partial charge on any atom is -0.330 e. The SMILES string of the molecule is Cc1cccc(CSC(C)CCN)n1. The van der Waals surface area contributed by atoms with Gasteiger partial charge in [-0.25, -0.2) is 0 Å². The Labute approximate surface area is 90.3 Å². The number of thioether (sulfide) groups is 1. The Balaban J connectivity index is 2.37. The molecule has 1 aromatic heterocycles. The number of hydrogen-bond acceptors (Lipinski definition) is 3. The first-order valence-electron chi connectivity index (χ1n) is 4.96. The van der Waals surface area contributed by atoms with Crippen molar-refractivity contribution in [1.29, 1.82) is 0 Å².